The predicted molar refractivity (Wildman–Crippen MR) is 74.1 cm³/mol. The SMILES string of the molecule is NCC(=O)Nc1nc(Cc2ccccc2Cl)cs1. The van der Waals surface area contributed by atoms with Gasteiger partial charge in [0, 0.05) is 16.8 Å². The largest absolute Gasteiger partial charge is 0.322 e. The summed E-state index contributed by atoms with van der Waals surface area (Å²) in [5, 5.41) is 5.80. The van der Waals surface area contributed by atoms with Gasteiger partial charge in [0.2, 0.25) is 5.91 Å². The number of nitrogens with zero attached hydrogens (tertiary/aromatic N) is 1. The van der Waals surface area contributed by atoms with Gasteiger partial charge in [0.15, 0.2) is 5.13 Å². The number of anilines is 1. The molecule has 0 aliphatic carbocycles. The van der Waals surface area contributed by atoms with E-state index in [1.807, 2.05) is 29.6 Å². The lowest BCUT2D eigenvalue weighted by Crippen LogP contribution is -2.21. The Bertz CT molecular complexity index is 556. The van der Waals surface area contributed by atoms with Crippen LogP contribution in [-0.2, 0) is 11.2 Å². The summed E-state index contributed by atoms with van der Waals surface area (Å²) >= 11 is 7.45. The van der Waals surface area contributed by atoms with Crippen LogP contribution in [0.15, 0.2) is 29.6 Å². The third-order valence-corrected chi connectivity index (χ3v) is 3.49. The normalized spacial score (nSPS) is 10.3. The van der Waals surface area contributed by atoms with Crippen LogP contribution in [0, 0.1) is 0 Å². The standard InChI is InChI=1S/C12H12ClN3OS/c13-10-4-2-1-3-8(10)5-9-7-18-12(15-9)16-11(17)6-14/h1-4,7H,5-6,14H2,(H,15,16,17). The minimum Gasteiger partial charge on any atom is -0.322 e. The zero-order valence-electron chi connectivity index (χ0n) is 9.52. The molecule has 1 aromatic heterocycles. The van der Waals surface area contributed by atoms with E-state index < -0.39 is 0 Å². The minimum absolute atomic E-state index is 0.0422. The van der Waals surface area contributed by atoms with E-state index in [9.17, 15) is 4.79 Å². The van der Waals surface area contributed by atoms with Gasteiger partial charge in [0.1, 0.15) is 0 Å². The lowest BCUT2D eigenvalue weighted by atomic mass is 10.1. The van der Waals surface area contributed by atoms with Gasteiger partial charge in [-0.15, -0.1) is 11.3 Å². The van der Waals surface area contributed by atoms with Crippen molar-refractivity contribution in [3.05, 3.63) is 45.9 Å². The molecule has 0 atom stereocenters. The highest BCUT2D eigenvalue weighted by atomic mass is 35.5. The Morgan fingerprint density at radius 2 is 2.22 bits per heavy atom. The molecule has 0 bridgehead atoms. The first-order chi connectivity index (χ1) is 8.69. The number of thiazole rings is 1. The molecule has 1 amide bonds. The number of hydrogen-bond acceptors (Lipinski definition) is 4. The molecule has 0 spiro atoms. The summed E-state index contributed by atoms with van der Waals surface area (Å²) < 4.78 is 0. The molecule has 94 valence electrons. The molecular formula is C12H12ClN3OS. The van der Waals surface area contributed by atoms with E-state index in [-0.39, 0.29) is 12.5 Å². The number of nitrogens with one attached hydrogen (secondary N) is 1. The summed E-state index contributed by atoms with van der Waals surface area (Å²) in [5.41, 5.74) is 7.11. The van der Waals surface area contributed by atoms with E-state index in [0.717, 1.165) is 16.3 Å². The summed E-state index contributed by atoms with van der Waals surface area (Å²) in [7, 11) is 0. The summed E-state index contributed by atoms with van der Waals surface area (Å²) in [6, 6.07) is 7.63. The third-order valence-electron chi connectivity index (χ3n) is 2.31. The number of rotatable bonds is 4. The molecule has 2 rings (SSSR count). The Morgan fingerprint density at radius 1 is 1.44 bits per heavy atom. The van der Waals surface area contributed by atoms with Gasteiger partial charge >= 0.3 is 0 Å². The molecule has 0 aliphatic heterocycles. The second kappa shape index (κ2) is 5.95. The lowest BCUT2D eigenvalue weighted by molar-refractivity contribution is -0.114. The van der Waals surface area contributed by atoms with Crippen LogP contribution in [0.2, 0.25) is 5.02 Å². The number of nitrogens with two attached hydrogens (primary N) is 1. The molecule has 0 unspecified atom stereocenters. The Morgan fingerprint density at radius 3 is 2.94 bits per heavy atom. The molecular weight excluding hydrogens is 270 g/mol. The smallest absolute Gasteiger partial charge is 0.239 e. The van der Waals surface area contributed by atoms with E-state index in [4.69, 9.17) is 17.3 Å². The maximum Gasteiger partial charge on any atom is 0.239 e. The second-order valence-electron chi connectivity index (χ2n) is 3.66. The van der Waals surface area contributed by atoms with Crippen molar-refractivity contribution in [3.63, 3.8) is 0 Å². The summed E-state index contributed by atoms with van der Waals surface area (Å²) in [5.74, 6) is -0.242. The molecule has 1 aromatic carbocycles. The molecule has 6 heteroatoms. The van der Waals surface area contributed by atoms with Gasteiger partial charge in [-0.2, -0.15) is 0 Å². The third kappa shape index (κ3) is 3.29. The van der Waals surface area contributed by atoms with E-state index >= 15 is 0 Å². The minimum atomic E-state index is -0.242. The maximum absolute atomic E-state index is 11.1. The van der Waals surface area contributed by atoms with E-state index in [2.05, 4.69) is 10.3 Å². The van der Waals surface area contributed by atoms with Crippen LogP contribution in [0.5, 0.6) is 0 Å². The number of hydrogen-bond donors (Lipinski definition) is 2. The Kier molecular flexibility index (Phi) is 4.30. The molecule has 1 heterocycles. The van der Waals surface area contributed by atoms with Crippen LogP contribution in [0.4, 0.5) is 5.13 Å². The van der Waals surface area contributed by atoms with Gasteiger partial charge in [0.05, 0.1) is 12.2 Å². The van der Waals surface area contributed by atoms with Gasteiger partial charge < -0.3 is 11.1 Å². The van der Waals surface area contributed by atoms with Gasteiger partial charge in [-0.25, -0.2) is 4.98 Å². The molecule has 0 fully saturated rings. The van der Waals surface area contributed by atoms with Gasteiger partial charge in [0.25, 0.3) is 0 Å². The van der Waals surface area contributed by atoms with Crippen LogP contribution in [0.25, 0.3) is 0 Å². The zero-order chi connectivity index (χ0) is 13.0. The number of halogens is 1. The molecule has 3 N–H and O–H groups in total. The van der Waals surface area contributed by atoms with Crippen molar-refractivity contribution in [1.29, 1.82) is 0 Å². The van der Waals surface area contributed by atoms with E-state index in [0.29, 0.717) is 11.6 Å². The highest BCUT2D eigenvalue weighted by Crippen LogP contribution is 2.22. The van der Waals surface area contributed by atoms with Crippen LogP contribution in [0.1, 0.15) is 11.3 Å². The van der Waals surface area contributed by atoms with Crippen molar-refractivity contribution in [2.24, 2.45) is 5.73 Å². The number of carbonyl (C=O) groups is 1. The van der Waals surface area contributed by atoms with Gasteiger partial charge in [-0.1, -0.05) is 29.8 Å². The highest BCUT2D eigenvalue weighted by molar-refractivity contribution is 7.13. The van der Waals surface area contributed by atoms with Crippen molar-refractivity contribution in [1.82, 2.24) is 4.98 Å². The van der Waals surface area contributed by atoms with Crippen molar-refractivity contribution < 1.29 is 4.79 Å². The van der Waals surface area contributed by atoms with E-state index in [1.165, 1.54) is 11.3 Å². The zero-order valence-corrected chi connectivity index (χ0v) is 11.1. The Hall–Kier alpha value is -1.43. The van der Waals surface area contributed by atoms with Crippen molar-refractivity contribution in [3.8, 4) is 0 Å². The molecule has 0 saturated carbocycles. The topological polar surface area (TPSA) is 68.0 Å². The molecule has 0 aliphatic rings. The Labute approximate surface area is 114 Å². The summed E-state index contributed by atoms with van der Waals surface area (Å²) in [4.78, 5) is 15.4. The van der Waals surface area contributed by atoms with Crippen LogP contribution in [-0.4, -0.2) is 17.4 Å². The van der Waals surface area contributed by atoms with Crippen molar-refractivity contribution in [2.75, 3.05) is 11.9 Å². The number of carbonyl (C=O) groups excluding carboxylic acids is 1. The molecule has 0 radical (unpaired) electrons. The molecule has 18 heavy (non-hydrogen) atoms. The van der Waals surface area contributed by atoms with Gasteiger partial charge in [-0.05, 0) is 11.6 Å². The average molecular weight is 282 g/mol. The molecule has 2 aromatic rings. The second-order valence-corrected chi connectivity index (χ2v) is 4.93. The first-order valence-corrected chi connectivity index (χ1v) is 6.62. The van der Waals surface area contributed by atoms with Crippen molar-refractivity contribution >= 4 is 34.0 Å². The lowest BCUT2D eigenvalue weighted by Gasteiger charge is -2.01. The molecule has 0 saturated heterocycles. The first-order valence-electron chi connectivity index (χ1n) is 5.37. The van der Waals surface area contributed by atoms with Crippen LogP contribution in [0.3, 0.4) is 0 Å². The summed E-state index contributed by atoms with van der Waals surface area (Å²) in [6.45, 7) is -0.0422. The van der Waals surface area contributed by atoms with E-state index in [1.54, 1.807) is 0 Å². The quantitative estimate of drug-likeness (QED) is 0.903. The fourth-order valence-electron chi connectivity index (χ4n) is 1.45. The highest BCUT2D eigenvalue weighted by Gasteiger charge is 2.07. The van der Waals surface area contributed by atoms with Crippen LogP contribution >= 0.6 is 22.9 Å². The number of aromatic nitrogens is 1. The monoisotopic (exact) mass is 281 g/mol. The first kappa shape index (κ1) is 13.0. The average Bonchev–Trinajstić information content (AvgIpc) is 2.79. The number of benzene rings is 1. The Balaban J connectivity index is 2.07. The number of amides is 1. The van der Waals surface area contributed by atoms with Crippen molar-refractivity contribution in [2.45, 2.75) is 6.42 Å². The molecule has 4 nitrogen and oxygen atoms in total. The fourth-order valence-corrected chi connectivity index (χ4v) is 2.38. The fraction of sp³-hybridized carbons (Fsp3) is 0.167. The summed E-state index contributed by atoms with van der Waals surface area (Å²) in [6.07, 6.45) is 0.647. The maximum atomic E-state index is 11.1. The van der Waals surface area contributed by atoms with Crippen LogP contribution < -0.4 is 11.1 Å². The van der Waals surface area contributed by atoms with Gasteiger partial charge in [-0.3, -0.25) is 4.79 Å². The predicted octanol–water partition coefficient (Wildman–Crippen LogP) is 2.28.